The third kappa shape index (κ3) is 12.8. The van der Waals surface area contributed by atoms with Crippen LogP contribution in [-0.4, -0.2) is 192 Å². The van der Waals surface area contributed by atoms with Gasteiger partial charge >= 0.3 is 0 Å². The highest BCUT2D eigenvalue weighted by Crippen LogP contribution is 2.29. The van der Waals surface area contributed by atoms with Gasteiger partial charge in [0.25, 0.3) is 17.7 Å². The van der Waals surface area contributed by atoms with Crippen LogP contribution in [0.5, 0.6) is 11.5 Å². The number of fused-ring (bicyclic) bond motifs is 7. The summed E-state index contributed by atoms with van der Waals surface area (Å²) in [5, 5.41) is 30.9. The fraction of sp³-hybridized carbons (Fsp3) is 0.348. The van der Waals surface area contributed by atoms with Crippen LogP contribution >= 0.6 is 45.1 Å². The number of amides is 8. The molecule has 4 aromatic rings. The summed E-state index contributed by atoms with van der Waals surface area (Å²) in [5.41, 5.74) is -0.532. The highest BCUT2D eigenvalue weighted by Gasteiger charge is 2.38. The Kier molecular flexibility index (Phi) is 18.2. The van der Waals surface area contributed by atoms with E-state index >= 15 is 0 Å². The van der Waals surface area contributed by atoms with Gasteiger partial charge in [-0.1, -0.05) is 88.1 Å². The minimum atomic E-state index is -1.56. The Balaban J connectivity index is 1.31. The van der Waals surface area contributed by atoms with E-state index in [1.54, 1.807) is 48.5 Å². The molecule has 6 rings (SSSR count). The molecule has 0 saturated carbocycles. The van der Waals surface area contributed by atoms with Gasteiger partial charge in [-0.2, -0.15) is 0 Å². The largest absolute Gasteiger partial charge is 0.505 e. The SMILES string of the molecule is C=C1C(=O)SC[C@@H](NC(=O)c2nc3ccccc3cc2O)C(=O)NCC(=O)N(C)[C@H]2CSSC[C@@H](C(=O)N1C)N(C)C(=O)CNC(=O)[C@H](NC(=O)c1nc3ccccc3cc1O)CSC(=O)C(C)N(C)C2=O. The second-order valence-corrected chi connectivity index (χ2v) is 21.0. The number of hydrogen-bond donors (Lipinski definition) is 6. The van der Waals surface area contributed by atoms with Crippen LogP contribution in [0, 0.1) is 0 Å². The molecule has 0 spiro atoms. The van der Waals surface area contributed by atoms with E-state index < -0.39 is 135 Å². The van der Waals surface area contributed by atoms with Crippen LogP contribution in [-0.2, 0) is 38.4 Å². The van der Waals surface area contributed by atoms with Crippen molar-refractivity contribution in [3.05, 3.63) is 84.3 Å². The lowest BCUT2D eigenvalue weighted by Crippen LogP contribution is -2.56. The number of aromatic hydroxyl groups is 2. The van der Waals surface area contributed by atoms with Gasteiger partial charge in [-0.3, -0.25) is 47.9 Å². The number of nitrogens with zero attached hydrogens (tertiary/aromatic N) is 6. The Bertz CT molecular complexity index is 2870. The number of likely N-dealkylation sites (N-methyl/N-ethyl adjacent to an activating group) is 4. The van der Waals surface area contributed by atoms with Gasteiger partial charge in [0.05, 0.1) is 35.9 Å². The molecule has 0 aliphatic carbocycles. The maximum Gasteiger partial charge on any atom is 0.274 e. The summed E-state index contributed by atoms with van der Waals surface area (Å²) < 4.78 is 0. The van der Waals surface area contributed by atoms with Crippen molar-refractivity contribution in [2.24, 2.45) is 0 Å². The number of carbonyl (C=O) groups excluding carboxylic acids is 10. The maximum atomic E-state index is 14.4. The van der Waals surface area contributed by atoms with Gasteiger partial charge < -0.3 is 51.1 Å². The quantitative estimate of drug-likeness (QED) is 0.121. The van der Waals surface area contributed by atoms with Crippen LogP contribution in [0.4, 0.5) is 0 Å². The van der Waals surface area contributed by atoms with Crippen molar-refractivity contribution in [3.63, 3.8) is 0 Å². The molecule has 6 N–H and O–H groups in total. The van der Waals surface area contributed by atoms with Gasteiger partial charge in [0.15, 0.2) is 11.4 Å². The van der Waals surface area contributed by atoms with Crippen molar-refractivity contribution >= 4 is 124 Å². The van der Waals surface area contributed by atoms with Crippen LogP contribution < -0.4 is 21.3 Å². The van der Waals surface area contributed by atoms with Crippen molar-refractivity contribution in [1.29, 1.82) is 0 Å². The van der Waals surface area contributed by atoms with E-state index in [4.69, 9.17) is 0 Å². The van der Waals surface area contributed by atoms with E-state index in [2.05, 4.69) is 37.8 Å². The molecule has 2 aromatic heterocycles. The Labute approximate surface area is 428 Å². The van der Waals surface area contributed by atoms with Crippen LogP contribution in [0.15, 0.2) is 72.9 Å². The van der Waals surface area contributed by atoms with Crippen LogP contribution in [0.1, 0.15) is 27.9 Å². The minimum absolute atomic E-state index is 0.144. The van der Waals surface area contributed by atoms with Crippen molar-refractivity contribution < 1.29 is 58.2 Å². The smallest absolute Gasteiger partial charge is 0.274 e. The van der Waals surface area contributed by atoms with Gasteiger partial charge in [-0.25, -0.2) is 9.97 Å². The average Bonchev–Trinajstić information content (AvgIpc) is 3.37. The summed E-state index contributed by atoms with van der Waals surface area (Å²) >= 11 is 1.07. The first-order valence-corrected chi connectivity index (χ1v) is 26.3. The maximum absolute atomic E-state index is 14.4. The molecule has 1 unspecified atom stereocenters. The van der Waals surface area contributed by atoms with Crippen LogP contribution in [0.2, 0.25) is 0 Å². The number of thioether (sulfide) groups is 2. The van der Waals surface area contributed by atoms with E-state index in [9.17, 15) is 58.2 Å². The molecule has 2 aliphatic heterocycles. The summed E-state index contributed by atoms with van der Waals surface area (Å²) in [6.07, 6.45) is 0. The summed E-state index contributed by atoms with van der Waals surface area (Å²) in [5.74, 6) is -9.22. The van der Waals surface area contributed by atoms with Crippen LogP contribution in [0.3, 0.4) is 0 Å². The molecule has 2 aliphatic rings. The Hall–Kier alpha value is -6.90. The molecule has 22 nitrogen and oxygen atoms in total. The predicted molar refractivity (Wildman–Crippen MR) is 272 cm³/mol. The van der Waals surface area contributed by atoms with E-state index in [1.165, 1.54) is 47.2 Å². The molecule has 8 amide bonds. The molecule has 2 bridgehead atoms. The number of pyridine rings is 2. The fourth-order valence-corrected chi connectivity index (χ4v) is 11.4. The molecule has 72 heavy (non-hydrogen) atoms. The van der Waals surface area contributed by atoms with E-state index in [1.807, 2.05) is 0 Å². The van der Waals surface area contributed by atoms with Crippen molar-refractivity contribution in [2.45, 2.75) is 37.1 Å². The highest BCUT2D eigenvalue weighted by atomic mass is 33.1. The third-order valence-electron chi connectivity index (χ3n) is 11.8. The molecule has 0 radical (unpaired) electrons. The number of carbonyl (C=O) groups is 10. The normalized spacial score (nSPS) is 22.4. The molecule has 2 aromatic carbocycles. The van der Waals surface area contributed by atoms with Gasteiger partial charge in [-0.15, -0.1) is 0 Å². The lowest BCUT2D eigenvalue weighted by atomic mass is 10.1. The second-order valence-electron chi connectivity index (χ2n) is 16.4. The summed E-state index contributed by atoms with van der Waals surface area (Å²) in [4.78, 5) is 151. The first kappa shape index (κ1) is 54.4. The summed E-state index contributed by atoms with van der Waals surface area (Å²) in [6, 6.07) is 8.98. The lowest BCUT2D eigenvalue weighted by molar-refractivity contribution is -0.144. The molecule has 2 fully saturated rings. The van der Waals surface area contributed by atoms with Crippen molar-refractivity contribution in [2.75, 3.05) is 64.3 Å². The fourth-order valence-electron chi connectivity index (χ4n) is 7.06. The van der Waals surface area contributed by atoms with Gasteiger partial charge in [0.1, 0.15) is 35.7 Å². The molecule has 26 heteroatoms. The minimum Gasteiger partial charge on any atom is -0.505 e. The summed E-state index contributed by atoms with van der Waals surface area (Å²) in [7, 11) is 7.25. The lowest BCUT2D eigenvalue weighted by Gasteiger charge is -2.34. The van der Waals surface area contributed by atoms with E-state index in [-0.39, 0.29) is 17.2 Å². The number of rotatable bonds is 4. The molecule has 380 valence electrons. The molecule has 4 heterocycles. The predicted octanol–water partition coefficient (Wildman–Crippen LogP) is 0.725. The van der Waals surface area contributed by atoms with Gasteiger partial charge in [0.2, 0.25) is 39.8 Å². The third-order valence-corrected chi connectivity index (χ3v) is 16.3. The van der Waals surface area contributed by atoms with E-state index in [0.29, 0.717) is 45.3 Å². The standard InChI is InChI=1S/C46H50N10O12S4/c1-23-45(67)69-19-29(51-41(63)37-33(57)15-25-11-7-9-13-27(25)49-37)39(61)47-18-36(60)56(6)32-22-72-71-21-31(43(65)53(23)3)55(5)35(59)17-48-40(62)30(20-70-46(68)24(2)54(4)44(32)66)52-42(64)38-34(58)16-26-12-8-10-14-28(26)50-38/h7-16,24,29-32,57-58H,1,17-22H2,2-6H3,(H,47,61)(H,48,62)(H,51,63)(H,52,64)/t24?,29-,30-,31+,32+/m1/s1. The Morgan fingerprint density at radius 1 is 0.639 bits per heavy atom. The highest BCUT2D eigenvalue weighted by molar-refractivity contribution is 8.76. The first-order chi connectivity index (χ1) is 34.2. The number of para-hydroxylation sites is 2. The molecule has 2 saturated heterocycles. The number of nitrogens with one attached hydrogen (secondary N) is 4. The molecular formula is C46H50N10O12S4. The zero-order valence-corrected chi connectivity index (χ0v) is 42.7. The average molecular weight is 1060 g/mol. The van der Waals surface area contributed by atoms with Gasteiger partial charge in [0, 0.05) is 62.0 Å². The topological polar surface area (TPSA) is 298 Å². The Morgan fingerprint density at radius 3 is 1.54 bits per heavy atom. The van der Waals surface area contributed by atoms with Crippen molar-refractivity contribution in [3.8, 4) is 11.5 Å². The first-order valence-electron chi connectivity index (χ1n) is 21.9. The summed E-state index contributed by atoms with van der Waals surface area (Å²) in [6.45, 7) is 3.78. The number of aromatic nitrogens is 2. The second kappa shape index (κ2) is 24.0. The number of hydrogen-bond acceptors (Lipinski definition) is 18. The Morgan fingerprint density at radius 2 is 1.07 bits per heavy atom. The monoisotopic (exact) mass is 1060 g/mol. The van der Waals surface area contributed by atoms with Crippen LogP contribution in [0.25, 0.3) is 21.8 Å². The zero-order valence-electron chi connectivity index (χ0n) is 39.4. The van der Waals surface area contributed by atoms with E-state index in [0.717, 1.165) is 41.2 Å². The molecule has 5 atom stereocenters. The zero-order chi connectivity index (χ0) is 52.6. The van der Waals surface area contributed by atoms with Crippen molar-refractivity contribution in [1.82, 2.24) is 50.8 Å². The number of benzene rings is 2. The molecular weight excluding hydrogens is 1010 g/mol. The van der Waals surface area contributed by atoms with Gasteiger partial charge in [-0.05, 0) is 31.2 Å².